The van der Waals surface area contributed by atoms with Crippen molar-refractivity contribution in [3.05, 3.63) is 47.9 Å². The summed E-state index contributed by atoms with van der Waals surface area (Å²) in [5.41, 5.74) is 0.756. The number of nitrogens with two attached hydrogens (primary N) is 1. The molecule has 0 unspecified atom stereocenters. The predicted molar refractivity (Wildman–Crippen MR) is 109 cm³/mol. The first-order valence-corrected chi connectivity index (χ1v) is 10.3. The van der Waals surface area contributed by atoms with E-state index in [1.807, 2.05) is 6.92 Å². The van der Waals surface area contributed by atoms with E-state index in [-0.39, 0.29) is 65.6 Å². The van der Waals surface area contributed by atoms with E-state index in [0.717, 1.165) is 5.56 Å². The maximum atomic E-state index is 11.8. The Morgan fingerprint density at radius 1 is 1.18 bits per heavy atom. The van der Waals surface area contributed by atoms with Crippen LogP contribution >= 0.6 is 0 Å². The largest absolute Gasteiger partial charge is 0.495 e. The van der Waals surface area contributed by atoms with Gasteiger partial charge in [0.2, 0.25) is 10.0 Å². The number of para-hydroxylation sites is 2. The minimum Gasteiger partial charge on any atom is -0.495 e. The molecule has 0 heterocycles. The van der Waals surface area contributed by atoms with Crippen LogP contribution in [-0.2, 0) is 16.4 Å². The summed E-state index contributed by atoms with van der Waals surface area (Å²) in [5.74, 6) is 0.142. The summed E-state index contributed by atoms with van der Waals surface area (Å²) in [7, 11) is -2.54. The van der Waals surface area contributed by atoms with Crippen LogP contribution in [0.5, 0.6) is 17.2 Å². The van der Waals surface area contributed by atoms with Crippen molar-refractivity contribution in [1.82, 2.24) is 5.32 Å². The van der Waals surface area contributed by atoms with E-state index in [4.69, 9.17) is 24.8 Å². The molecule has 28 heavy (non-hydrogen) atoms. The van der Waals surface area contributed by atoms with Gasteiger partial charge in [0.25, 0.3) is 0 Å². The molecule has 0 aliphatic rings. The fourth-order valence-electron chi connectivity index (χ4n) is 2.59. The molecule has 0 aliphatic carbocycles. The Labute approximate surface area is 172 Å². The highest BCUT2D eigenvalue weighted by Crippen LogP contribution is 2.26. The Balaban J connectivity index is 2.01. The van der Waals surface area contributed by atoms with Gasteiger partial charge in [0.1, 0.15) is 17.3 Å². The first-order chi connectivity index (χ1) is 15.0. The van der Waals surface area contributed by atoms with Crippen molar-refractivity contribution < 1.29 is 28.1 Å². The summed E-state index contributed by atoms with van der Waals surface area (Å²) >= 11 is 0. The number of hydrogen-bond acceptors (Lipinski definition) is 6. The second-order valence-electron chi connectivity index (χ2n) is 6.03. The van der Waals surface area contributed by atoms with Crippen molar-refractivity contribution in [2.45, 2.75) is 31.2 Å². The lowest BCUT2D eigenvalue weighted by molar-refractivity contribution is 0.272. The molecule has 1 atom stereocenters. The lowest BCUT2D eigenvalue weighted by Gasteiger charge is -2.16. The molecule has 0 saturated carbocycles. The average Bonchev–Trinajstić information content (AvgIpc) is 2.74. The van der Waals surface area contributed by atoms with Crippen molar-refractivity contribution >= 4 is 10.0 Å². The summed E-state index contributed by atoms with van der Waals surface area (Å²) in [6.07, 6.45) is 0.516. The first kappa shape index (κ1) is 16.6. The minimum atomic E-state index is -3.92. The normalized spacial score (nSPS) is 14.4. The van der Waals surface area contributed by atoms with E-state index < -0.39 is 10.0 Å². The van der Waals surface area contributed by atoms with Crippen molar-refractivity contribution in [3.63, 3.8) is 0 Å². The molecule has 0 aliphatic heterocycles. The maximum Gasteiger partial charge on any atom is 0.241 e. The molecule has 2 aromatic carbocycles. The number of sulfonamides is 1. The van der Waals surface area contributed by atoms with Crippen LogP contribution in [-0.4, -0.2) is 41.3 Å². The van der Waals surface area contributed by atoms with Gasteiger partial charge in [-0.1, -0.05) is 18.2 Å². The van der Waals surface area contributed by atoms with E-state index in [1.165, 1.54) is 13.2 Å². The standard InChI is InChI=1S/C20H28N2O5S/c1-4-26-17-7-5-6-8-18(17)27-12-11-22-15(2)13-16-9-10-19(25-3)20(14-16)28(21,23)24/h5-10,14-15,22H,4,11-13H2,1-3H3,(H2,21,23,24)/t15-/m1/s1/i5D,6D,7D,8D. The number of benzene rings is 2. The lowest BCUT2D eigenvalue weighted by Crippen LogP contribution is -2.32. The Morgan fingerprint density at radius 3 is 2.46 bits per heavy atom. The molecule has 2 rings (SSSR count). The minimum absolute atomic E-state index is 0.0136. The third-order valence-electron chi connectivity index (χ3n) is 3.83. The van der Waals surface area contributed by atoms with Crippen LogP contribution in [0.2, 0.25) is 0 Å². The zero-order valence-electron chi connectivity index (χ0n) is 20.2. The summed E-state index contributed by atoms with van der Waals surface area (Å²) in [4.78, 5) is -0.0744. The molecule has 2 aromatic rings. The van der Waals surface area contributed by atoms with Gasteiger partial charge in [0, 0.05) is 12.6 Å². The topological polar surface area (TPSA) is 99.9 Å². The van der Waals surface area contributed by atoms with E-state index in [0.29, 0.717) is 13.0 Å². The highest BCUT2D eigenvalue weighted by Gasteiger charge is 2.16. The number of rotatable bonds is 11. The van der Waals surface area contributed by atoms with Crippen molar-refractivity contribution in [1.29, 1.82) is 0 Å². The van der Waals surface area contributed by atoms with Gasteiger partial charge < -0.3 is 19.5 Å². The Morgan fingerprint density at radius 2 is 1.86 bits per heavy atom. The third kappa shape index (κ3) is 6.40. The molecule has 0 radical (unpaired) electrons. The summed E-state index contributed by atoms with van der Waals surface area (Å²) < 4.78 is 71.2. The molecule has 0 fully saturated rings. The van der Waals surface area contributed by atoms with Crippen LogP contribution in [0.1, 0.15) is 24.9 Å². The summed E-state index contributed by atoms with van der Waals surface area (Å²) in [6, 6.07) is 3.41. The van der Waals surface area contributed by atoms with Gasteiger partial charge in [-0.25, -0.2) is 13.6 Å². The van der Waals surface area contributed by atoms with Crippen molar-refractivity contribution in [2.24, 2.45) is 5.14 Å². The smallest absolute Gasteiger partial charge is 0.241 e. The number of nitrogens with one attached hydrogen (secondary N) is 1. The number of hydrogen-bond donors (Lipinski definition) is 2. The zero-order chi connectivity index (χ0) is 24.1. The molecular weight excluding hydrogens is 380 g/mol. The van der Waals surface area contributed by atoms with Gasteiger partial charge in [-0.15, -0.1) is 0 Å². The van der Waals surface area contributed by atoms with Crippen LogP contribution in [0.4, 0.5) is 0 Å². The van der Waals surface area contributed by atoms with Crippen LogP contribution in [0, 0.1) is 0 Å². The SMILES string of the molecule is [2H]c1c([2H])c([2H])c(OCCN[C@H](C)Cc2ccc(OC)c(S(N)(=O)=O)c2)c(OCC)c1[2H]. The van der Waals surface area contributed by atoms with E-state index >= 15 is 0 Å². The molecule has 0 saturated heterocycles. The molecular formula is C20H28N2O5S. The Hall–Kier alpha value is -2.29. The van der Waals surface area contributed by atoms with Gasteiger partial charge in [-0.05, 0) is 50.0 Å². The number of ether oxygens (including phenoxy) is 3. The molecule has 8 heteroatoms. The lowest BCUT2D eigenvalue weighted by atomic mass is 10.1. The molecule has 3 N–H and O–H groups in total. The molecule has 0 spiro atoms. The fourth-order valence-corrected chi connectivity index (χ4v) is 3.34. The average molecular weight is 413 g/mol. The van der Waals surface area contributed by atoms with Crippen LogP contribution in [0.25, 0.3) is 0 Å². The van der Waals surface area contributed by atoms with Crippen LogP contribution in [0.15, 0.2) is 47.3 Å². The second-order valence-corrected chi connectivity index (χ2v) is 7.56. The van der Waals surface area contributed by atoms with Gasteiger partial charge >= 0.3 is 0 Å². The maximum absolute atomic E-state index is 11.8. The molecule has 7 nitrogen and oxygen atoms in total. The van der Waals surface area contributed by atoms with E-state index in [1.54, 1.807) is 19.1 Å². The monoisotopic (exact) mass is 412 g/mol. The van der Waals surface area contributed by atoms with E-state index in [9.17, 15) is 8.42 Å². The molecule has 0 amide bonds. The third-order valence-corrected chi connectivity index (χ3v) is 4.76. The zero-order valence-corrected chi connectivity index (χ0v) is 17.0. The van der Waals surface area contributed by atoms with Crippen molar-refractivity contribution in [2.75, 3.05) is 26.9 Å². The Kier molecular flexibility index (Phi) is 6.13. The van der Waals surface area contributed by atoms with Crippen molar-refractivity contribution in [3.8, 4) is 17.2 Å². The molecule has 154 valence electrons. The van der Waals surface area contributed by atoms with Gasteiger partial charge in [-0.2, -0.15) is 0 Å². The molecule has 0 bridgehead atoms. The first-order valence-electron chi connectivity index (χ1n) is 10.8. The van der Waals surface area contributed by atoms with Crippen LogP contribution < -0.4 is 24.7 Å². The van der Waals surface area contributed by atoms with Gasteiger partial charge in [0.05, 0.1) is 19.2 Å². The van der Waals surface area contributed by atoms with Gasteiger partial charge in [-0.3, -0.25) is 0 Å². The molecule has 0 aromatic heterocycles. The highest BCUT2D eigenvalue weighted by molar-refractivity contribution is 7.89. The highest BCUT2D eigenvalue weighted by atomic mass is 32.2. The van der Waals surface area contributed by atoms with E-state index in [2.05, 4.69) is 5.32 Å². The van der Waals surface area contributed by atoms with Crippen LogP contribution in [0.3, 0.4) is 0 Å². The summed E-state index contributed by atoms with van der Waals surface area (Å²) in [6.45, 7) is 4.39. The number of primary sulfonamides is 1. The Bertz CT molecular complexity index is 1070. The predicted octanol–water partition coefficient (Wildman–Crippen LogP) is 2.34. The second kappa shape index (κ2) is 10.3. The van der Waals surface area contributed by atoms with Gasteiger partial charge in [0.15, 0.2) is 11.5 Å². The quantitative estimate of drug-likeness (QED) is 0.550. The number of methoxy groups -OCH3 is 1. The fraction of sp³-hybridized carbons (Fsp3) is 0.400. The summed E-state index contributed by atoms with van der Waals surface area (Å²) in [5, 5.41) is 8.49.